The van der Waals surface area contributed by atoms with Crippen LogP contribution in [0.5, 0.6) is 0 Å². The first-order chi connectivity index (χ1) is 13.5. The van der Waals surface area contributed by atoms with Crippen LogP contribution in [0.4, 0.5) is 11.4 Å². The molecule has 1 heterocycles. The van der Waals surface area contributed by atoms with Crippen LogP contribution in [0.15, 0.2) is 66.7 Å². The summed E-state index contributed by atoms with van der Waals surface area (Å²) < 4.78 is 0. The van der Waals surface area contributed by atoms with Crippen molar-refractivity contribution in [3.63, 3.8) is 0 Å². The van der Waals surface area contributed by atoms with Gasteiger partial charge in [-0.05, 0) is 48.9 Å². The highest BCUT2D eigenvalue weighted by molar-refractivity contribution is 6.05. The van der Waals surface area contributed by atoms with Crippen LogP contribution in [0.1, 0.15) is 15.9 Å². The van der Waals surface area contributed by atoms with Crippen molar-refractivity contribution in [2.75, 3.05) is 5.32 Å². The highest BCUT2D eigenvalue weighted by Gasteiger charge is 2.14. The zero-order valence-electron chi connectivity index (χ0n) is 14.9. The van der Waals surface area contributed by atoms with Crippen LogP contribution in [0.2, 0.25) is 0 Å². The van der Waals surface area contributed by atoms with Crippen molar-refractivity contribution in [2.45, 2.75) is 6.92 Å². The van der Waals surface area contributed by atoms with E-state index in [0.717, 1.165) is 5.69 Å². The summed E-state index contributed by atoms with van der Waals surface area (Å²) in [6.07, 6.45) is 0. The monoisotopic (exact) mass is 373 g/mol. The Bertz CT molecular complexity index is 1200. The second-order valence-corrected chi connectivity index (χ2v) is 6.30. The van der Waals surface area contributed by atoms with Gasteiger partial charge in [0.1, 0.15) is 11.0 Å². The second kappa shape index (κ2) is 6.92. The van der Waals surface area contributed by atoms with Gasteiger partial charge in [0.15, 0.2) is 0 Å². The highest BCUT2D eigenvalue weighted by atomic mass is 16.6. The standard InChI is InChI=1S/C20H15N5O3/c1-13-9-14(11-17(10-13)25(27)28)20(26)21-15-7-8-18-19(12-15)23-24(22-18)16-5-3-2-4-6-16/h2-12H,1H3,(H,21,26). The summed E-state index contributed by atoms with van der Waals surface area (Å²) in [7, 11) is 0. The third-order valence-electron chi connectivity index (χ3n) is 4.16. The average molecular weight is 373 g/mol. The number of amides is 1. The van der Waals surface area contributed by atoms with Gasteiger partial charge in [-0.3, -0.25) is 14.9 Å². The van der Waals surface area contributed by atoms with Crippen molar-refractivity contribution in [1.29, 1.82) is 0 Å². The number of hydrogen-bond donors (Lipinski definition) is 1. The van der Waals surface area contributed by atoms with E-state index in [4.69, 9.17) is 0 Å². The summed E-state index contributed by atoms with van der Waals surface area (Å²) in [5.41, 5.74) is 3.41. The Labute approximate surface area is 159 Å². The van der Waals surface area contributed by atoms with Crippen molar-refractivity contribution in [3.8, 4) is 5.69 Å². The van der Waals surface area contributed by atoms with Gasteiger partial charge >= 0.3 is 0 Å². The summed E-state index contributed by atoms with van der Waals surface area (Å²) in [5.74, 6) is -0.429. The predicted molar refractivity (Wildman–Crippen MR) is 105 cm³/mol. The molecule has 8 nitrogen and oxygen atoms in total. The molecule has 0 atom stereocenters. The van der Waals surface area contributed by atoms with Crippen molar-refractivity contribution in [2.24, 2.45) is 0 Å². The quantitative estimate of drug-likeness (QED) is 0.432. The Kier molecular flexibility index (Phi) is 4.29. The van der Waals surface area contributed by atoms with Gasteiger partial charge in [-0.2, -0.15) is 4.80 Å². The lowest BCUT2D eigenvalue weighted by atomic mass is 10.1. The molecule has 0 saturated heterocycles. The SMILES string of the molecule is Cc1cc(C(=O)Nc2ccc3nn(-c4ccccc4)nc3c2)cc([N+](=O)[O-])c1. The third kappa shape index (κ3) is 3.43. The van der Waals surface area contributed by atoms with Gasteiger partial charge < -0.3 is 5.32 Å². The van der Waals surface area contributed by atoms with Crippen molar-refractivity contribution in [1.82, 2.24) is 15.0 Å². The maximum atomic E-state index is 12.5. The summed E-state index contributed by atoms with van der Waals surface area (Å²) in [4.78, 5) is 24.5. The van der Waals surface area contributed by atoms with E-state index in [-0.39, 0.29) is 11.3 Å². The summed E-state index contributed by atoms with van der Waals surface area (Å²) in [6, 6.07) is 19.0. The van der Waals surface area contributed by atoms with Crippen LogP contribution in [-0.2, 0) is 0 Å². The second-order valence-electron chi connectivity index (χ2n) is 6.30. The normalized spacial score (nSPS) is 10.8. The molecule has 0 spiro atoms. The van der Waals surface area contributed by atoms with E-state index in [9.17, 15) is 14.9 Å². The van der Waals surface area contributed by atoms with E-state index in [1.54, 1.807) is 31.2 Å². The van der Waals surface area contributed by atoms with Crippen LogP contribution >= 0.6 is 0 Å². The Morgan fingerprint density at radius 3 is 2.50 bits per heavy atom. The van der Waals surface area contributed by atoms with E-state index in [1.165, 1.54) is 16.9 Å². The number of hydrogen-bond acceptors (Lipinski definition) is 5. The zero-order chi connectivity index (χ0) is 19.7. The van der Waals surface area contributed by atoms with Gasteiger partial charge in [0.2, 0.25) is 0 Å². The number of nitrogens with zero attached hydrogens (tertiary/aromatic N) is 4. The fraction of sp³-hybridized carbons (Fsp3) is 0.0500. The first kappa shape index (κ1) is 17.3. The van der Waals surface area contributed by atoms with Gasteiger partial charge in [-0.1, -0.05) is 18.2 Å². The molecule has 1 amide bonds. The number of fused-ring (bicyclic) bond motifs is 1. The van der Waals surface area contributed by atoms with Crippen LogP contribution in [0.25, 0.3) is 16.7 Å². The Balaban J connectivity index is 1.61. The Hall–Kier alpha value is -4.07. The molecule has 0 bridgehead atoms. The lowest BCUT2D eigenvalue weighted by molar-refractivity contribution is -0.384. The molecule has 28 heavy (non-hydrogen) atoms. The van der Waals surface area contributed by atoms with Gasteiger partial charge in [-0.25, -0.2) is 0 Å². The smallest absolute Gasteiger partial charge is 0.270 e. The number of carbonyl (C=O) groups is 1. The maximum absolute atomic E-state index is 12.5. The number of nitrogens with one attached hydrogen (secondary N) is 1. The first-order valence-corrected chi connectivity index (χ1v) is 8.49. The number of rotatable bonds is 4. The number of anilines is 1. The number of aryl methyl sites for hydroxylation is 1. The number of nitro benzene ring substituents is 1. The summed E-state index contributed by atoms with van der Waals surface area (Å²) >= 11 is 0. The fourth-order valence-electron chi connectivity index (χ4n) is 2.87. The highest BCUT2D eigenvalue weighted by Crippen LogP contribution is 2.20. The molecule has 0 radical (unpaired) electrons. The molecule has 0 aliphatic rings. The van der Waals surface area contributed by atoms with E-state index < -0.39 is 10.8 Å². The third-order valence-corrected chi connectivity index (χ3v) is 4.16. The molecule has 0 saturated carbocycles. The lowest BCUT2D eigenvalue weighted by Crippen LogP contribution is -2.12. The molecule has 138 valence electrons. The summed E-state index contributed by atoms with van der Waals surface area (Å²) in [6.45, 7) is 1.71. The molecule has 3 aromatic carbocycles. The molecule has 0 fully saturated rings. The van der Waals surface area contributed by atoms with Crippen LogP contribution in [0.3, 0.4) is 0 Å². The molecular formula is C20H15N5O3. The minimum Gasteiger partial charge on any atom is -0.322 e. The predicted octanol–water partition coefficient (Wildman–Crippen LogP) is 3.89. The summed E-state index contributed by atoms with van der Waals surface area (Å²) in [5, 5.41) is 22.6. The van der Waals surface area contributed by atoms with Gasteiger partial charge in [0.25, 0.3) is 11.6 Å². The Morgan fingerprint density at radius 2 is 1.75 bits per heavy atom. The minimum atomic E-state index is -0.516. The molecule has 1 N–H and O–H groups in total. The number of nitro groups is 1. The number of carbonyl (C=O) groups excluding carboxylic acids is 1. The molecule has 1 aromatic heterocycles. The van der Waals surface area contributed by atoms with E-state index in [0.29, 0.717) is 22.3 Å². The van der Waals surface area contributed by atoms with E-state index >= 15 is 0 Å². The van der Waals surface area contributed by atoms with E-state index in [2.05, 4.69) is 15.5 Å². The number of benzene rings is 3. The molecule has 8 heteroatoms. The van der Waals surface area contributed by atoms with Crippen molar-refractivity contribution < 1.29 is 9.72 Å². The van der Waals surface area contributed by atoms with Crippen molar-refractivity contribution in [3.05, 3.63) is 88.0 Å². The number of aromatic nitrogens is 3. The molecular weight excluding hydrogens is 358 g/mol. The minimum absolute atomic E-state index is 0.119. The number of para-hydroxylation sites is 1. The largest absolute Gasteiger partial charge is 0.322 e. The fourth-order valence-corrected chi connectivity index (χ4v) is 2.87. The molecule has 0 aliphatic carbocycles. The van der Waals surface area contributed by atoms with Gasteiger partial charge in [-0.15, -0.1) is 10.2 Å². The van der Waals surface area contributed by atoms with Crippen molar-refractivity contribution >= 4 is 28.3 Å². The molecule has 0 aliphatic heterocycles. The molecule has 4 aromatic rings. The maximum Gasteiger partial charge on any atom is 0.270 e. The number of non-ortho nitro benzene ring substituents is 1. The Morgan fingerprint density at radius 1 is 1.00 bits per heavy atom. The zero-order valence-corrected chi connectivity index (χ0v) is 14.9. The molecule has 0 unspecified atom stereocenters. The van der Waals surface area contributed by atoms with Crippen LogP contribution in [-0.4, -0.2) is 25.8 Å². The first-order valence-electron chi connectivity index (χ1n) is 8.49. The van der Waals surface area contributed by atoms with Crippen LogP contribution < -0.4 is 5.32 Å². The van der Waals surface area contributed by atoms with Gasteiger partial charge in [0, 0.05) is 23.4 Å². The van der Waals surface area contributed by atoms with Crippen LogP contribution in [0, 0.1) is 17.0 Å². The topological polar surface area (TPSA) is 103 Å². The van der Waals surface area contributed by atoms with E-state index in [1.807, 2.05) is 30.3 Å². The van der Waals surface area contributed by atoms with Gasteiger partial charge in [0.05, 0.1) is 10.6 Å². The lowest BCUT2D eigenvalue weighted by Gasteiger charge is -2.06. The molecule has 4 rings (SSSR count). The average Bonchev–Trinajstić information content (AvgIpc) is 3.11.